The average Bonchev–Trinajstić information content (AvgIpc) is 2.85. The van der Waals surface area contributed by atoms with Crippen LogP contribution in [0.4, 0.5) is 0 Å². The Balaban J connectivity index is 1.60. The van der Waals surface area contributed by atoms with E-state index in [4.69, 9.17) is 23.2 Å². The molecular weight excluding hydrogens is 449 g/mol. The van der Waals surface area contributed by atoms with E-state index in [-0.39, 0.29) is 17.9 Å². The van der Waals surface area contributed by atoms with Crippen LogP contribution in [0.3, 0.4) is 0 Å². The standard InChI is InChI=1S/C29H25Cl2NO/c1-20(32-29(33)27-10-6-5-9-26(27)22-7-3-2-4-8-22)28(23-13-17-25(31)18-14-23)19-21-11-15-24(30)16-12-21/h2-18,20,28H,19H2,1H3,(H,32,33)/t20-,28+/m1/s1. The minimum absolute atomic E-state index is 0.0660. The average molecular weight is 474 g/mol. The normalized spacial score (nSPS) is 12.7. The van der Waals surface area contributed by atoms with Gasteiger partial charge in [0, 0.05) is 27.6 Å². The molecule has 2 atom stereocenters. The van der Waals surface area contributed by atoms with Gasteiger partial charge in [-0.05, 0) is 65.9 Å². The number of hydrogen-bond donors (Lipinski definition) is 1. The van der Waals surface area contributed by atoms with E-state index in [0.717, 1.165) is 28.7 Å². The molecule has 0 unspecified atom stereocenters. The summed E-state index contributed by atoms with van der Waals surface area (Å²) >= 11 is 12.2. The lowest BCUT2D eigenvalue weighted by Gasteiger charge is -2.26. The minimum atomic E-state index is -0.113. The largest absolute Gasteiger partial charge is 0.349 e. The Labute approximate surface area is 205 Å². The molecule has 0 spiro atoms. The summed E-state index contributed by atoms with van der Waals surface area (Å²) in [6, 6.07) is 33.3. The predicted octanol–water partition coefficient (Wildman–Crippen LogP) is 7.81. The van der Waals surface area contributed by atoms with Crippen molar-refractivity contribution >= 4 is 29.1 Å². The Morgan fingerprint density at radius 2 is 1.33 bits per heavy atom. The molecule has 2 nitrogen and oxygen atoms in total. The maximum absolute atomic E-state index is 13.4. The molecule has 0 aliphatic rings. The molecule has 0 aliphatic heterocycles. The molecular formula is C29H25Cl2NO. The van der Waals surface area contributed by atoms with Gasteiger partial charge in [-0.1, -0.05) is 96.0 Å². The van der Waals surface area contributed by atoms with Gasteiger partial charge in [0.2, 0.25) is 0 Å². The second-order valence-corrected chi connectivity index (χ2v) is 9.04. The smallest absolute Gasteiger partial charge is 0.252 e. The summed E-state index contributed by atoms with van der Waals surface area (Å²) in [6.07, 6.45) is 0.764. The maximum atomic E-state index is 13.4. The molecule has 0 aliphatic carbocycles. The Kier molecular flexibility index (Phi) is 7.49. The Hall–Kier alpha value is -3.07. The molecule has 4 aromatic rings. The van der Waals surface area contributed by atoms with Gasteiger partial charge in [-0.3, -0.25) is 4.79 Å². The fourth-order valence-electron chi connectivity index (χ4n) is 4.10. The van der Waals surface area contributed by atoms with Gasteiger partial charge >= 0.3 is 0 Å². The number of benzene rings is 4. The van der Waals surface area contributed by atoms with Gasteiger partial charge < -0.3 is 5.32 Å². The first-order valence-corrected chi connectivity index (χ1v) is 11.7. The number of carbonyl (C=O) groups excluding carboxylic acids is 1. The van der Waals surface area contributed by atoms with Crippen molar-refractivity contribution in [2.75, 3.05) is 0 Å². The molecule has 0 fully saturated rings. The summed E-state index contributed by atoms with van der Waals surface area (Å²) in [5, 5.41) is 4.65. The molecule has 33 heavy (non-hydrogen) atoms. The predicted molar refractivity (Wildman–Crippen MR) is 138 cm³/mol. The highest BCUT2D eigenvalue weighted by molar-refractivity contribution is 6.30. The summed E-state index contributed by atoms with van der Waals surface area (Å²) in [6.45, 7) is 2.05. The number of halogens is 2. The van der Waals surface area contributed by atoms with Crippen LogP contribution in [0, 0.1) is 0 Å². The van der Waals surface area contributed by atoms with Gasteiger partial charge in [-0.15, -0.1) is 0 Å². The monoisotopic (exact) mass is 473 g/mol. The molecule has 1 amide bonds. The van der Waals surface area contributed by atoms with Crippen LogP contribution in [0.25, 0.3) is 11.1 Å². The molecule has 1 N–H and O–H groups in total. The van der Waals surface area contributed by atoms with Crippen molar-refractivity contribution in [1.29, 1.82) is 0 Å². The molecule has 4 aromatic carbocycles. The van der Waals surface area contributed by atoms with Gasteiger partial charge in [0.1, 0.15) is 0 Å². The van der Waals surface area contributed by atoms with Crippen LogP contribution in [0.15, 0.2) is 103 Å². The number of nitrogens with one attached hydrogen (secondary N) is 1. The van der Waals surface area contributed by atoms with E-state index < -0.39 is 0 Å². The van der Waals surface area contributed by atoms with E-state index in [9.17, 15) is 4.79 Å². The number of hydrogen-bond acceptors (Lipinski definition) is 1. The maximum Gasteiger partial charge on any atom is 0.252 e. The lowest BCUT2D eigenvalue weighted by atomic mass is 9.86. The Bertz CT molecular complexity index is 1200. The van der Waals surface area contributed by atoms with E-state index in [1.54, 1.807) is 0 Å². The summed E-state index contributed by atoms with van der Waals surface area (Å²) in [4.78, 5) is 13.4. The first-order valence-electron chi connectivity index (χ1n) is 11.0. The van der Waals surface area contributed by atoms with Crippen LogP contribution >= 0.6 is 23.2 Å². The van der Waals surface area contributed by atoms with Crippen LogP contribution in [-0.4, -0.2) is 11.9 Å². The Morgan fingerprint density at radius 1 is 0.758 bits per heavy atom. The molecule has 0 saturated heterocycles. The van der Waals surface area contributed by atoms with Gasteiger partial charge in [-0.2, -0.15) is 0 Å². The highest BCUT2D eigenvalue weighted by Gasteiger charge is 2.23. The van der Waals surface area contributed by atoms with E-state index in [2.05, 4.69) is 12.2 Å². The summed E-state index contributed by atoms with van der Waals surface area (Å²) in [7, 11) is 0. The summed E-state index contributed by atoms with van der Waals surface area (Å²) < 4.78 is 0. The third-order valence-corrected chi connectivity index (χ3v) is 6.39. The molecule has 0 heterocycles. The number of amides is 1. The summed E-state index contributed by atoms with van der Waals surface area (Å²) in [5.74, 6) is -0.0201. The van der Waals surface area contributed by atoms with Crippen LogP contribution < -0.4 is 5.32 Å². The fraction of sp³-hybridized carbons (Fsp3) is 0.138. The lowest BCUT2D eigenvalue weighted by Crippen LogP contribution is -2.38. The van der Waals surface area contributed by atoms with Crippen molar-refractivity contribution in [1.82, 2.24) is 5.32 Å². The van der Waals surface area contributed by atoms with Crippen molar-refractivity contribution in [3.63, 3.8) is 0 Å². The van der Waals surface area contributed by atoms with Crippen LogP contribution in [-0.2, 0) is 6.42 Å². The third kappa shape index (κ3) is 5.84. The quantitative estimate of drug-likeness (QED) is 0.291. The van der Waals surface area contributed by atoms with E-state index in [0.29, 0.717) is 15.6 Å². The highest BCUT2D eigenvalue weighted by Crippen LogP contribution is 2.28. The zero-order valence-electron chi connectivity index (χ0n) is 18.3. The first-order chi connectivity index (χ1) is 16.0. The van der Waals surface area contributed by atoms with E-state index in [1.165, 1.54) is 0 Å². The zero-order chi connectivity index (χ0) is 23.2. The second kappa shape index (κ2) is 10.7. The SMILES string of the molecule is C[C@@H](NC(=O)c1ccccc1-c1ccccc1)[C@H](Cc1ccc(Cl)cc1)c1ccc(Cl)cc1. The van der Waals surface area contributed by atoms with Crippen LogP contribution in [0.5, 0.6) is 0 Å². The van der Waals surface area contributed by atoms with Crippen molar-refractivity contribution in [2.45, 2.75) is 25.3 Å². The van der Waals surface area contributed by atoms with E-state index in [1.807, 2.05) is 103 Å². The van der Waals surface area contributed by atoms with Crippen molar-refractivity contribution in [2.24, 2.45) is 0 Å². The van der Waals surface area contributed by atoms with Crippen molar-refractivity contribution in [3.8, 4) is 11.1 Å². The fourth-order valence-corrected chi connectivity index (χ4v) is 4.36. The third-order valence-electron chi connectivity index (χ3n) is 5.89. The minimum Gasteiger partial charge on any atom is -0.349 e. The molecule has 4 heteroatoms. The van der Waals surface area contributed by atoms with Gasteiger partial charge in [0.25, 0.3) is 5.91 Å². The van der Waals surface area contributed by atoms with Gasteiger partial charge in [0.05, 0.1) is 0 Å². The van der Waals surface area contributed by atoms with E-state index >= 15 is 0 Å². The Morgan fingerprint density at radius 3 is 2.00 bits per heavy atom. The lowest BCUT2D eigenvalue weighted by molar-refractivity contribution is 0.0935. The topological polar surface area (TPSA) is 29.1 Å². The van der Waals surface area contributed by atoms with Crippen molar-refractivity contribution in [3.05, 3.63) is 130 Å². The second-order valence-electron chi connectivity index (χ2n) is 8.16. The molecule has 0 saturated carbocycles. The number of rotatable bonds is 7. The molecule has 166 valence electrons. The number of carbonyl (C=O) groups is 1. The van der Waals surface area contributed by atoms with Gasteiger partial charge in [-0.25, -0.2) is 0 Å². The van der Waals surface area contributed by atoms with Crippen LogP contribution in [0.2, 0.25) is 10.0 Å². The summed E-state index contributed by atoms with van der Waals surface area (Å²) in [5.41, 5.74) is 4.88. The first kappa shape index (κ1) is 23.1. The molecule has 4 rings (SSSR count). The highest BCUT2D eigenvalue weighted by atomic mass is 35.5. The van der Waals surface area contributed by atoms with Crippen LogP contribution in [0.1, 0.15) is 34.3 Å². The molecule has 0 radical (unpaired) electrons. The molecule has 0 aromatic heterocycles. The van der Waals surface area contributed by atoms with Gasteiger partial charge in [0.15, 0.2) is 0 Å². The van der Waals surface area contributed by atoms with Crippen molar-refractivity contribution < 1.29 is 4.79 Å². The molecule has 0 bridgehead atoms. The zero-order valence-corrected chi connectivity index (χ0v) is 19.9.